The summed E-state index contributed by atoms with van der Waals surface area (Å²) in [5.41, 5.74) is 0. The zero-order chi connectivity index (χ0) is 31.5. The van der Waals surface area contributed by atoms with Crippen molar-refractivity contribution in [3.63, 3.8) is 0 Å². The second-order valence-corrected chi connectivity index (χ2v) is 11.2. The highest BCUT2D eigenvalue weighted by atomic mass is 16.6. The topological polar surface area (TPSA) is 72.8 Å². The van der Waals surface area contributed by atoms with Gasteiger partial charge in [0.25, 0.3) is 0 Å². The van der Waals surface area contributed by atoms with Gasteiger partial charge in [-0.2, -0.15) is 0 Å². The largest absolute Gasteiger partial charge is 0.462 e. The van der Waals surface area contributed by atoms with Gasteiger partial charge in [-0.1, -0.05) is 145 Å². The molecule has 0 radical (unpaired) electrons. The van der Waals surface area contributed by atoms with Crippen LogP contribution in [0.1, 0.15) is 149 Å². The first kappa shape index (κ1) is 40.6. The van der Waals surface area contributed by atoms with Crippen molar-refractivity contribution in [2.75, 3.05) is 13.2 Å². The SMILES string of the molecule is CC/C=C/C/C=C/C/C=C/C/C=C/C/C=C/CCCC(=O)O[C@@H](CO)COC(=O)CCCCCCCCCCCCCC. The van der Waals surface area contributed by atoms with Crippen molar-refractivity contribution in [1.82, 2.24) is 0 Å². The van der Waals surface area contributed by atoms with Gasteiger partial charge in [-0.3, -0.25) is 9.59 Å². The Morgan fingerprint density at radius 1 is 0.558 bits per heavy atom. The van der Waals surface area contributed by atoms with E-state index in [1.165, 1.54) is 57.8 Å². The van der Waals surface area contributed by atoms with Crippen LogP contribution in [0.5, 0.6) is 0 Å². The molecule has 0 bridgehead atoms. The van der Waals surface area contributed by atoms with Crippen molar-refractivity contribution < 1.29 is 24.2 Å². The maximum Gasteiger partial charge on any atom is 0.306 e. The van der Waals surface area contributed by atoms with Gasteiger partial charge in [0, 0.05) is 12.8 Å². The lowest BCUT2D eigenvalue weighted by Gasteiger charge is -2.15. The van der Waals surface area contributed by atoms with Crippen molar-refractivity contribution in [2.24, 2.45) is 0 Å². The number of esters is 2. The molecule has 0 aromatic carbocycles. The van der Waals surface area contributed by atoms with Crippen molar-refractivity contribution in [3.8, 4) is 0 Å². The second-order valence-electron chi connectivity index (χ2n) is 11.2. The van der Waals surface area contributed by atoms with E-state index in [0.717, 1.165) is 57.8 Å². The van der Waals surface area contributed by atoms with Gasteiger partial charge in [-0.05, 0) is 51.4 Å². The van der Waals surface area contributed by atoms with Gasteiger partial charge < -0.3 is 14.6 Å². The molecule has 246 valence electrons. The molecule has 5 nitrogen and oxygen atoms in total. The Balaban J connectivity index is 3.71. The first-order chi connectivity index (χ1) is 21.1. The van der Waals surface area contributed by atoms with E-state index in [2.05, 4.69) is 74.6 Å². The van der Waals surface area contributed by atoms with Gasteiger partial charge in [-0.15, -0.1) is 0 Å². The number of aliphatic hydroxyl groups excluding tert-OH is 1. The van der Waals surface area contributed by atoms with E-state index in [-0.39, 0.29) is 31.6 Å². The maximum absolute atomic E-state index is 12.1. The molecule has 0 saturated carbocycles. The lowest BCUT2D eigenvalue weighted by molar-refractivity contribution is -0.161. The number of allylic oxidation sites excluding steroid dienone is 10. The zero-order valence-corrected chi connectivity index (χ0v) is 27.7. The lowest BCUT2D eigenvalue weighted by Crippen LogP contribution is -2.28. The average Bonchev–Trinajstić information content (AvgIpc) is 3.01. The first-order valence-electron chi connectivity index (χ1n) is 17.3. The molecule has 0 aliphatic carbocycles. The summed E-state index contributed by atoms with van der Waals surface area (Å²) in [6.45, 7) is 3.95. The van der Waals surface area contributed by atoms with E-state index in [1.54, 1.807) is 0 Å². The number of carbonyl (C=O) groups excluding carboxylic acids is 2. The third-order valence-electron chi connectivity index (χ3n) is 7.08. The van der Waals surface area contributed by atoms with Gasteiger partial charge in [0.1, 0.15) is 6.61 Å². The number of hydrogen-bond acceptors (Lipinski definition) is 5. The molecule has 1 atom stereocenters. The smallest absolute Gasteiger partial charge is 0.306 e. The Morgan fingerprint density at radius 3 is 1.49 bits per heavy atom. The predicted molar refractivity (Wildman–Crippen MR) is 182 cm³/mol. The quantitative estimate of drug-likeness (QED) is 0.0504. The van der Waals surface area contributed by atoms with Crippen molar-refractivity contribution in [1.29, 1.82) is 0 Å². The van der Waals surface area contributed by atoms with Crippen LogP contribution in [-0.2, 0) is 19.1 Å². The van der Waals surface area contributed by atoms with Crippen LogP contribution >= 0.6 is 0 Å². The number of rotatable bonds is 30. The van der Waals surface area contributed by atoms with Crippen LogP contribution in [0.15, 0.2) is 60.8 Å². The highest BCUT2D eigenvalue weighted by Crippen LogP contribution is 2.13. The number of ether oxygens (including phenoxy) is 2. The van der Waals surface area contributed by atoms with Gasteiger partial charge >= 0.3 is 11.9 Å². The Kier molecular flexibility index (Phi) is 32.2. The second kappa shape index (κ2) is 34.1. The molecular weight excluding hydrogens is 536 g/mol. The molecule has 0 amide bonds. The molecule has 43 heavy (non-hydrogen) atoms. The van der Waals surface area contributed by atoms with E-state index in [0.29, 0.717) is 12.8 Å². The predicted octanol–water partition coefficient (Wildman–Crippen LogP) is 10.4. The molecule has 0 spiro atoms. The van der Waals surface area contributed by atoms with Crippen LogP contribution < -0.4 is 0 Å². The molecule has 0 fully saturated rings. The fourth-order valence-corrected chi connectivity index (χ4v) is 4.47. The summed E-state index contributed by atoms with van der Waals surface area (Å²) in [6.07, 6.45) is 42.8. The summed E-state index contributed by atoms with van der Waals surface area (Å²) in [5, 5.41) is 9.50. The first-order valence-corrected chi connectivity index (χ1v) is 17.3. The number of carbonyl (C=O) groups is 2. The standard InChI is InChI=1S/C38H64O5/c1-3-5-7-9-11-13-15-17-18-19-20-21-23-25-27-29-31-33-38(41)43-36(34-39)35-42-37(40)32-30-28-26-24-22-16-14-12-10-8-6-4-2/h5,7,11,13,17-18,20-21,25,27,36,39H,3-4,6,8-10,12,14-16,19,22-24,26,28-35H2,1-2H3/b7-5+,13-11+,18-17+,21-20+,27-25+/t36-/m0/s1. The number of unbranched alkanes of at least 4 members (excludes halogenated alkanes) is 12. The molecular formula is C38H64O5. The summed E-state index contributed by atoms with van der Waals surface area (Å²) < 4.78 is 10.5. The van der Waals surface area contributed by atoms with Crippen LogP contribution in [-0.4, -0.2) is 36.4 Å². The molecule has 0 aliphatic rings. The number of hydrogen-bond donors (Lipinski definition) is 1. The van der Waals surface area contributed by atoms with E-state index >= 15 is 0 Å². The van der Waals surface area contributed by atoms with E-state index < -0.39 is 6.10 Å². The highest BCUT2D eigenvalue weighted by Gasteiger charge is 2.15. The van der Waals surface area contributed by atoms with Crippen LogP contribution in [0.25, 0.3) is 0 Å². The maximum atomic E-state index is 12.1. The molecule has 1 N–H and O–H groups in total. The summed E-state index contributed by atoms with van der Waals surface area (Å²) in [4.78, 5) is 24.1. The molecule has 0 heterocycles. The van der Waals surface area contributed by atoms with Crippen LogP contribution in [0, 0.1) is 0 Å². The summed E-state index contributed by atoms with van der Waals surface area (Å²) >= 11 is 0. The average molecular weight is 601 g/mol. The Morgan fingerprint density at radius 2 is 1.00 bits per heavy atom. The summed E-state index contributed by atoms with van der Waals surface area (Å²) in [6, 6.07) is 0. The van der Waals surface area contributed by atoms with Gasteiger partial charge in [-0.25, -0.2) is 0 Å². The molecule has 0 aliphatic heterocycles. The summed E-state index contributed by atoms with van der Waals surface area (Å²) in [7, 11) is 0. The van der Waals surface area contributed by atoms with E-state index in [4.69, 9.17) is 9.47 Å². The van der Waals surface area contributed by atoms with Crippen molar-refractivity contribution >= 4 is 11.9 Å². The molecule has 0 saturated heterocycles. The van der Waals surface area contributed by atoms with Crippen molar-refractivity contribution in [2.45, 2.75) is 155 Å². The minimum atomic E-state index is -0.799. The van der Waals surface area contributed by atoms with Crippen molar-refractivity contribution in [3.05, 3.63) is 60.8 Å². The van der Waals surface area contributed by atoms with Crippen LogP contribution in [0.3, 0.4) is 0 Å². The Labute approximate surface area is 264 Å². The fourth-order valence-electron chi connectivity index (χ4n) is 4.47. The van der Waals surface area contributed by atoms with Crippen LogP contribution in [0.4, 0.5) is 0 Å². The minimum absolute atomic E-state index is 0.0892. The Bertz CT molecular complexity index is 777. The highest BCUT2D eigenvalue weighted by molar-refractivity contribution is 5.70. The molecule has 0 unspecified atom stereocenters. The van der Waals surface area contributed by atoms with Crippen LogP contribution in [0.2, 0.25) is 0 Å². The third kappa shape index (κ3) is 32.4. The molecule has 0 aromatic rings. The monoisotopic (exact) mass is 600 g/mol. The fraction of sp³-hybridized carbons (Fsp3) is 0.684. The molecule has 5 heteroatoms. The molecule has 0 rings (SSSR count). The molecule has 0 aromatic heterocycles. The van der Waals surface area contributed by atoms with E-state index in [1.807, 2.05) is 0 Å². The lowest BCUT2D eigenvalue weighted by atomic mass is 10.0. The van der Waals surface area contributed by atoms with Gasteiger partial charge in [0.05, 0.1) is 6.61 Å². The normalized spacial score (nSPS) is 12.9. The Hall–Kier alpha value is -2.40. The third-order valence-corrected chi connectivity index (χ3v) is 7.08. The van der Waals surface area contributed by atoms with E-state index in [9.17, 15) is 14.7 Å². The zero-order valence-electron chi connectivity index (χ0n) is 27.7. The minimum Gasteiger partial charge on any atom is -0.462 e. The van der Waals surface area contributed by atoms with Gasteiger partial charge in [0.15, 0.2) is 6.10 Å². The van der Waals surface area contributed by atoms with Gasteiger partial charge in [0.2, 0.25) is 0 Å². The number of aliphatic hydroxyl groups is 1. The summed E-state index contributed by atoms with van der Waals surface area (Å²) in [5.74, 6) is -0.664.